The van der Waals surface area contributed by atoms with Crippen LogP contribution in [0.5, 0.6) is 0 Å². The van der Waals surface area contributed by atoms with Crippen LogP contribution in [0.4, 0.5) is 0 Å². The van der Waals surface area contributed by atoms with Crippen LogP contribution >= 0.6 is 35.0 Å². The number of benzene rings is 1. The van der Waals surface area contributed by atoms with Crippen molar-refractivity contribution in [2.45, 2.75) is 27.2 Å². The largest absolute Gasteiger partial charge is 0.316 e. The van der Waals surface area contributed by atoms with E-state index in [1.807, 2.05) is 43.5 Å². The Bertz CT molecular complexity index is 1160. The first-order valence-electron chi connectivity index (χ1n) is 8.94. The Kier molecular flexibility index (Phi) is 5.14. The minimum Gasteiger partial charge on any atom is -0.316 e. The first-order valence-corrected chi connectivity index (χ1v) is 10.5. The van der Waals surface area contributed by atoms with Crippen LogP contribution in [0.1, 0.15) is 30.3 Å². The van der Waals surface area contributed by atoms with Crippen molar-refractivity contribution >= 4 is 63.0 Å². The number of nitrogens with one attached hydrogen (secondary N) is 1. The highest BCUT2D eigenvalue weighted by molar-refractivity contribution is 8.26. The number of aromatic nitrogens is 1. The molecular weight excluding hydrogens is 429 g/mol. The van der Waals surface area contributed by atoms with Gasteiger partial charge in [-0.05, 0) is 61.9 Å². The second-order valence-corrected chi connectivity index (χ2v) is 8.43. The Balaban J connectivity index is 1.78. The molecule has 3 heterocycles. The Hall–Kier alpha value is -2.35. The van der Waals surface area contributed by atoms with E-state index in [1.54, 1.807) is 12.1 Å². The van der Waals surface area contributed by atoms with Crippen molar-refractivity contribution in [3.63, 3.8) is 0 Å². The van der Waals surface area contributed by atoms with Gasteiger partial charge in [0.2, 0.25) is 5.17 Å². The number of halogens is 2. The zero-order chi connectivity index (χ0) is 20.9. The number of hydrazone groups is 1. The molecule has 4 rings (SSSR count). The topological polar surface area (TPSA) is 73.8 Å². The van der Waals surface area contributed by atoms with Crippen LogP contribution < -0.4 is 0 Å². The minimum absolute atomic E-state index is 0.0292. The smallest absolute Gasteiger partial charge is 0.283 e. The molecule has 0 fully saturated rings. The highest BCUT2D eigenvalue weighted by Gasteiger charge is 2.35. The van der Waals surface area contributed by atoms with Crippen molar-refractivity contribution in [1.82, 2.24) is 9.58 Å². The number of fused-ring (bicyclic) bond motifs is 1. The lowest BCUT2D eigenvalue weighted by molar-refractivity contribution is -0.114. The molecule has 0 atom stereocenters. The second kappa shape index (κ2) is 7.48. The number of rotatable bonds is 3. The lowest BCUT2D eigenvalue weighted by Gasteiger charge is -2.20. The number of hydrogen-bond donors (Lipinski definition) is 1. The second-order valence-electron chi connectivity index (χ2n) is 6.60. The molecule has 0 aliphatic carbocycles. The molecule has 1 aromatic carbocycles. The van der Waals surface area contributed by atoms with Crippen LogP contribution in [-0.2, 0) is 4.79 Å². The molecule has 0 saturated heterocycles. The van der Waals surface area contributed by atoms with E-state index < -0.39 is 5.91 Å². The summed E-state index contributed by atoms with van der Waals surface area (Å²) >= 11 is 13.9. The van der Waals surface area contributed by atoms with Crippen LogP contribution in [0.25, 0.3) is 11.8 Å². The van der Waals surface area contributed by atoms with E-state index in [0.29, 0.717) is 15.2 Å². The average Bonchev–Trinajstić information content (AvgIpc) is 3.22. The molecule has 29 heavy (non-hydrogen) atoms. The first kappa shape index (κ1) is 19.9. The van der Waals surface area contributed by atoms with Gasteiger partial charge in [0.25, 0.3) is 5.91 Å². The normalized spacial score (nSPS) is 17.7. The van der Waals surface area contributed by atoms with Gasteiger partial charge >= 0.3 is 0 Å². The van der Waals surface area contributed by atoms with Crippen molar-refractivity contribution in [3.8, 4) is 5.69 Å². The number of aryl methyl sites for hydroxylation is 1. The van der Waals surface area contributed by atoms with E-state index in [4.69, 9.17) is 28.6 Å². The summed E-state index contributed by atoms with van der Waals surface area (Å²) < 4.78 is 1.98. The van der Waals surface area contributed by atoms with Gasteiger partial charge in [0.05, 0.1) is 21.3 Å². The maximum atomic E-state index is 12.6. The van der Waals surface area contributed by atoms with E-state index in [0.717, 1.165) is 34.1 Å². The minimum atomic E-state index is -0.438. The third-order valence-electron chi connectivity index (χ3n) is 4.74. The zero-order valence-electron chi connectivity index (χ0n) is 16.0. The molecule has 9 heteroatoms. The Morgan fingerprint density at radius 2 is 2.03 bits per heavy atom. The highest BCUT2D eigenvalue weighted by Crippen LogP contribution is 2.33. The number of hydrogen-bond acceptors (Lipinski definition) is 4. The van der Waals surface area contributed by atoms with Gasteiger partial charge in [0.15, 0.2) is 5.84 Å². The fourth-order valence-electron chi connectivity index (χ4n) is 3.30. The number of carbonyl (C=O) groups is 1. The summed E-state index contributed by atoms with van der Waals surface area (Å²) in [6, 6.07) is 7.41. The van der Waals surface area contributed by atoms with Crippen molar-refractivity contribution in [2.24, 2.45) is 10.1 Å². The summed E-state index contributed by atoms with van der Waals surface area (Å²) in [5, 5.41) is 16.5. The van der Waals surface area contributed by atoms with E-state index in [9.17, 15) is 4.79 Å². The van der Waals surface area contributed by atoms with Crippen molar-refractivity contribution in [3.05, 3.63) is 56.8 Å². The molecule has 0 unspecified atom stereocenters. The van der Waals surface area contributed by atoms with E-state index >= 15 is 0 Å². The van der Waals surface area contributed by atoms with Crippen LogP contribution in [0, 0.1) is 19.3 Å². The number of carbonyl (C=O) groups excluding carboxylic acids is 1. The van der Waals surface area contributed by atoms with Gasteiger partial charge in [-0.25, -0.2) is 0 Å². The molecule has 0 bridgehead atoms. The van der Waals surface area contributed by atoms with Gasteiger partial charge in [0, 0.05) is 11.4 Å². The summed E-state index contributed by atoms with van der Waals surface area (Å²) in [4.78, 5) is 16.7. The Labute approximate surface area is 182 Å². The fraction of sp³-hybridized carbons (Fsp3) is 0.200. The lowest BCUT2D eigenvalue weighted by Crippen LogP contribution is -2.35. The third kappa shape index (κ3) is 3.33. The van der Waals surface area contributed by atoms with Gasteiger partial charge in [0.1, 0.15) is 5.04 Å². The van der Waals surface area contributed by atoms with E-state index in [1.165, 1.54) is 16.8 Å². The van der Waals surface area contributed by atoms with Crippen molar-refractivity contribution in [1.29, 1.82) is 5.41 Å². The molecular formula is C20H17Cl2N5OS. The third-order valence-corrected chi connectivity index (χ3v) is 6.60. The number of amidine groups is 2. The summed E-state index contributed by atoms with van der Waals surface area (Å²) in [5.74, 6) is -0.409. The van der Waals surface area contributed by atoms with E-state index in [-0.39, 0.29) is 11.4 Å². The molecule has 0 radical (unpaired) electrons. The number of aliphatic imine (C=N–C) groups is 1. The molecule has 2 aromatic rings. The van der Waals surface area contributed by atoms with Gasteiger partial charge < -0.3 is 4.57 Å². The molecule has 1 aromatic heterocycles. The summed E-state index contributed by atoms with van der Waals surface area (Å²) in [7, 11) is 0. The highest BCUT2D eigenvalue weighted by atomic mass is 35.5. The summed E-state index contributed by atoms with van der Waals surface area (Å²) in [6.45, 7) is 5.86. The standard InChI is InChI=1S/C20H17Cl2N5OS/c1-4-16-25-27-18(23)13(19(28)24-20(27)29-16)9-12-8-10(2)26(11(12)3)15-7-5-6-14(21)17(15)22/h5-9,23H,4H2,1-3H3. The molecule has 1 N–H and O–H groups in total. The molecule has 2 aliphatic rings. The van der Waals surface area contributed by atoms with Crippen molar-refractivity contribution < 1.29 is 4.79 Å². The maximum Gasteiger partial charge on any atom is 0.283 e. The number of thioether (sulfide) groups is 1. The predicted molar refractivity (Wildman–Crippen MR) is 121 cm³/mol. The van der Waals surface area contributed by atoms with Crippen LogP contribution in [0.2, 0.25) is 10.0 Å². The van der Waals surface area contributed by atoms with Crippen LogP contribution in [-0.4, -0.2) is 31.5 Å². The molecule has 1 amide bonds. The maximum absolute atomic E-state index is 12.6. The van der Waals surface area contributed by atoms with Crippen LogP contribution in [0.15, 0.2) is 39.9 Å². The van der Waals surface area contributed by atoms with Gasteiger partial charge in [-0.1, -0.05) is 36.2 Å². The Morgan fingerprint density at radius 1 is 1.28 bits per heavy atom. The summed E-state index contributed by atoms with van der Waals surface area (Å²) in [5.41, 5.74) is 3.57. The molecule has 2 aliphatic heterocycles. The molecule has 148 valence electrons. The predicted octanol–water partition coefficient (Wildman–Crippen LogP) is 5.43. The van der Waals surface area contributed by atoms with Crippen molar-refractivity contribution in [2.75, 3.05) is 0 Å². The first-order chi connectivity index (χ1) is 13.8. The lowest BCUT2D eigenvalue weighted by atomic mass is 10.1. The molecule has 0 spiro atoms. The monoisotopic (exact) mass is 445 g/mol. The van der Waals surface area contributed by atoms with E-state index in [2.05, 4.69) is 10.1 Å². The zero-order valence-corrected chi connectivity index (χ0v) is 18.3. The number of nitrogens with zero attached hydrogens (tertiary/aromatic N) is 4. The van der Waals surface area contributed by atoms with Gasteiger partial charge in [-0.3, -0.25) is 10.2 Å². The van der Waals surface area contributed by atoms with Crippen LogP contribution in [0.3, 0.4) is 0 Å². The average molecular weight is 446 g/mol. The summed E-state index contributed by atoms with van der Waals surface area (Å²) in [6.07, 6.45) is 2.41. The quantitative estimate of drug-likeness (QED) is 0.639. The fourth-order valence-corrected chi connectivity index (χ4v) is 4.50. The molecule has 0 saturated carbocycles. The molecule has 6 nitrogen and oxygen atoms in total. The Morgan fingerprint density at radius 3 is 2.76 bits per heavy atom. The van der Waals surface area contributed by atoms with Gasteiger partial charge in [-0.2, -0.15) is 15.1 Å². The van der Waals surface area contributed by atoms with Gasteiger partial charge in [-0.15, -0.1) is 0 Å². The number of amides is 1. The SMILES string of the molecule is CCC1=NN2C(=N)C(=Cc3cc(C)n(-c4cccc(Cl)c4Cl)c3C)C(=O)N=C2S1.